The van der Waals surface area contributed by atoms with Crippen LogP contribution in [0.1, 0.15) is 49.8 Å². The van der Waals surface area contributed by atoms with Crippen molar-refractivity contribution in [3.63, 3.8) is 0 Å². The average Bonchev–Trinajstić information content (AvgIpc) is 2.71. The Labute approximate surface area is 120 Å². The summed E-state index contributed by atoms with van der Waals surface area (Å²) in [5.74, 6) is 0. The number of aryl methyl sites for hydroxylation is 1. The van der Waals surface area contributed by atoms with Gasteiger partial charge >= 0.3 is 0 Å². The Morgan fingerprint density at radius 3 is 2.35 bits per heavy atom. The summed E-state index contributed by atoms with van der Waals surface area (Å²) in [5, 5.41) is 0. The first-order valence-electron chi connectivity index (χ1n) is 6.15. The molecule has 2 N–H and O–H groups in total. The molecule has 2 rings (SSSR count). The van der Waals surface area contributed by atoms with Crippen LogP contribution in [0.4, 0.5) is 0 Å². The molecular weight excluding hydrogens is 342 g/mol. The first-order chi connectivity index (χ1) is 7.94. The van der Waals surface area contributed by atoms with E-state index in [1.165, 1.54) is 36.8 Å². The van der Waals surface area contributed by atoms with Gasteiger partial charge in [-0.2, -0.15) is 0 Å². The highest BCUT2D eigenvalue weighted by Gasteiger charge is 2.36. The lowest BCUT2D eigenvalue weighted by atomic mass is 9.78. The summed E-state index contributed by atoms with van der Waals surface area (Å²) in [6.45, 7) is 4.42. The van der Waals surface area contributed by atoms with E-state index in [0.717, 1.165) is 8.95 Å². The van der Waals surface area contributed by atoms with Crippen molar-refractivity contribution >= 4 is 31.9 Å². The molecule has 0 saturated heterocycles. The molecule has 94 valence electrons. The SMILES string of the molecule is Cc1cc(Br)c(C(N)C2(C)CCCC2)cc1Br. The number of benzene rings is 1. The lowest BCUT2D eigenvalue weighted by molar-refractivity contribution is 0.265. The van der Waals surface area contributed by atoms with Crippen LogP contribution in [0.15, 0.2) is 21.1 Å². The van der Waals surface area contributed by atoms with Gasteiger partial charge in [-0.05, 0) is 48.4 Å². The van der Waals surface area contributed by atoms with E-state index >= 15 is 0 Å². The lowest BCUT2D eigenvalue weighted by Gasteiger charge is -2.32. The summed E-state index contributed by atoms with van der Waals surface area (Å²) in [7, 11) is 0. The first kappa shape index (κ1) is 13.6. The quantitative estimate of drug-likeness (QED) is 0.779. The fraction of sp³-hybridized carbons (Fsp3) is 0.571. The molecule has 1 unspecified atom stereocenters. The van der Waals surface area contributed by atoms with E-state index in [-0.39, 0.29) is 11.5 Å². The van der Waals surface area contributed by atoms with Crippen molar-refractivity contribution in [2.75, 3.05) is 0 Å². The molecule has 1 nitrogen and oxygen atoms in total. The second kappa shape index (κ2) is 5.02. The van der Waals surface area contributed by atoms with Crippen LogP contribution >= 0.6 is 31.9 Å². The van der Waals surface area contributed by atoms with Gasteiger partial charge in [0.1, 0.15) is 0 Å². The molecule has 1 aromatic carbocycles. The zero-order chi connectivity index (χ0) is 12.6. The lowest BCUT2D eigenvalue weighted by Crippen LogP contribution is -2.29. The molecule has 17 heavy (non-hydrogen) atoms. The van der Waals surface area contributed by atoms with Crippen molar-refractivity contribution in [2.24, 2.45) is 11.1 Å². The molecule has 1 aromatic rings. The Balaban J connectivity index is 2.36. The van der Waals surface area contributed by atoms with Crippen molar-refractivity contribution in [1.82, 2.24) is 0 Å². The van der Waals surface area contributed by atoms with Crippen LogP contribution in [-0.4, -0.2) is 0 Å². The maximum Gasteiger partial charge on any atom is 0.0361 e. The van der Waals surface area contributed by atoms with Crippen LogP contribution in [0, 0.1) is 12.3 Å². The maximum atomic E-state index is 6.50. The zero-order valence-corrected chi connectivity index (χ0v) is 13.6. The Hall–Kier alpha value is 0.140. The van der Waals surface area contributed by atoms with Crippen molar-refractivity contribution in [2.45, 2.75) is 45.6 Å². The Morgan fingerprint density at radius 2 is 1.76 bits per heavy atom. The van der Waals surface area contributed by atoms with E-state index in [4.69, 9.17) is 5.73 Å². The summed E-state index contributed by atoms with van der Waals surface area (Å²) in [4.78, 5) is 0. The molecule has 0 radical (unpaired) electrons. The molecule has 0 spiro atoms. The van der Waals surface area contributed by atoms with Gasteiger partial charge in [-0.15, -0.1) is 0 Å². The van der Waals surface area contributed by atoms with E-state index in [2.05, 4.69) is 57.8 Å². The molecule has 1 fully saturated rings. The molecular formula is C14H19Br2N. The summed E-state index contributed by atoms with van der Waals surface area (Å²) in [5.41, 5.74) is 9.23. The predicted molar refractivity (Wildman–Crippen MR) is 80.1 cm³/mol. The van der Waals surface area contributed by atoms with Gasteiger partial charge in [-0.3, -0.25) is 0 Å². The molecule has 1 saturated carbocycles. The van der Waals surface area contributed by atoms with Gasteiger partial charge in [0.2, 0.25) is 0 Å². The van der Waals surface area contributed by atoms with Crippen LogP contribution in [0.2, 0.25) is 0 Å². The van der Waals surface area contributed by atoms with Crippen molar-refractivity contribution < 1.29 is 0 Å². The second-order valence-electron chi connectivity index (χ2n) is 5.46. The highest BCUT2D eigenvalue weighted by Crippen LogP contribution is 2.47. The standard InChI is InChI=1S/C14H19Br2N/c1-9-7-12(16)10(8-11(9)15)13(17)14(2)5-3-4-6-14/h7-8,13H,3-6,17H2,1-2H3. The molecule has 1 aliphatic carbocycles. The third-order valence-electron chi connectivity index (χ3n) is 4.11. The van der Waals surface area contributed by atoms with Gasteiger partial charge in [0.15, 0.2) is 0 Å². The third-order valence-corrected chi connectivity index (χ3v) is 5.65. The number of halogens is 2. The number of rotatable bonds is 2. The highest BCUT2D eigenvalue weighted by molar-refractivity contribution is 9.11. The number of hydrogen-bond acceptors (Lipinski definition) is 1. The van der Waals surface area contributed by atoms with Crippen LogP contribution in [-0.2, 0) is 0 Å². The molecule has 1 aliphatic rings. The molecule has 0 aromatic heterocycles. The van der Waals surface area contributed by atoms with Crippen LogP contribution in [0.3, 0.4) is 0 Å². The number of nitrogens with two attached hydrogens (primary N) is 1. The third kappa shape index (κ3) is 2.61. The fourth-order valence-electron chi connectivity index (χ4n) is 2.77. The normalized spacial score (nSPS) is 20.5. The minimum atomic E-state index is 0.122. The van der Waals surface area contributed by atoms with Crippen LogP contribution in [0.5, 0.6) is 0 Å². The second-order valence-corrected chi connectivity index (χ2v) is 7.17. The summed E-state index contributed by atoms with van der Waals surface area (Å²) < 4.78 is 2.28. The Kier molecular flexibility index (Phi) is 4.01. The fourth-order valence-corrected chi connectivity index (χ4v) is 3.83. The van der Waals surface area contributed by atoms with Crippen LogP contribution < -0.4 is 5.73 Å². The molecule has 1 atom stereocenters. The monoisotopic (exact) mass is 359 g/mol. The van der Waals surface area contributed by atoms with Crippen molar-refractivity contribution in [3.05, 3.63) is 32.2 Å². The van der Waals surface area contributed by atoms with Gasteiger partial charge in [0, 0.05) is 15.0 Å². The Bertz CT molecular complexity index is 422. The zero-order valence-electron chi connectivity index (χ0n) is 10.4. The van der Waals surface area contributed by atoms with Crippen molar-refractivity contribution in [3.8, 4) is 0 Å². The van der Waals surface area contributed by atoms with E-state index in [1.54, 1.807) is 0 Å². The summed E-state index contributed by atoms with van der Waals surface area (Å²) in [6.07, 6.45) is 5.11. The Morgan fingerprint density at radius 1 is 1.18 bits per heavy atom. The van der Waals surface area contributed by atoms with E-state index in [1.807, 2.05) is 0 Å². The minimum Gasteiger partial charge on any atom is -0.323 e. The molecule has 0 amide bonds. The summed E-state index contributed by atoms with van der Waals surface area (Å²) in [6, 6.07) is 4.45. The van der Waals surface area contributed by atoms with Gasteiger partial charge in [-0.1, -0.05) is 51.6 Å². The topological polar surface area (TPSA) is 26.0 Å². The molecule has 0 bridgehead atoms. The maximum absolute atomic E-state index is 6.50. The molecule has 0 aliphatic heterocycles. The van der Waals surface area contributed by atoms with Gasteiger partial charge < -0.3 is 5.73 Å². The van der Waals surface area contributed by atoms with Gasteiger partial charge in [-0.25, -0.2) is 0 Å². The highest BCUT2D eigenvalue weighted by atomic mass is 79.9. The minimum absolute atomic E-state index is 0.122. The van der Waals surface area contributed by atoms with Gasteiger partial charge in [0.05, 0.1) is 0 Å². The van der Waals surface area contributed by atoms with Gasteiger partial charge in [0.25, 0.3) is 0 Å². The largest absolute Gasteiger partial charge is 0.323 e. The first-order valence-corrected chi connectivity index (χ1v) is 7.74. The molecule has 3 heteroatoms. The molecule has 0 heterocycles. The van der Waals surface area contributed by atoms with E-state index in [0.29, 0.717) is 0 Å². The number of hydrogen-bond donors (Lipinski definition) is 1. The van der Waals surface area contributed by atoms with E-state index < -0.39 is 0 Å². The smallest absolute Gasteiger partial charge is 0.0361 e. The average molecular weight is 361 g/mol. The predicted octanol–water partition coefficient (Wildman–Crippen LogP) is 5.10. The van der Waals surface area contributed by atoms with Crippen LogP contribution in [0.25, 0.3) is 0 Å². The van der Waals surface area contributed by atoms with E-state index in [9.17, 15) is 0 Å². The van der Waals surface area contributed by atoms with Crippen molar-refractivity contribution in [1.29, 1.82) is 0 Å². The summed E-state index contributed by atoms with van der Waals surface area (Å²) >= 11 is 7.25.